The predicted octanol–water partition coefficient (Wildman–Crippen LogP) is 5.50. The maximum absolute atomic E-state index is 14.6. The first-order chi connectivity index (χ1) is 18.1. The fraction of sp³-hybridized carbons (Fsp3) is 0.500. The van der Waals surface area contributed by atoms with Gasteiger partial charge in [0.05, 0.1) is 22.6 Å². The van der Waals surface area contributed by atoms with Crippen LogP contribution in [0.4, 0.5) is 14.5 Å². The fourth-order valence-electron chi connectivity index (χ4n) is 5.44. The highest BCUT2D eigenvalue weighted by atomic mass is 32.2. The molecule has 1 saturated carbocycles. The Morgan fingerprint density at radius 1 is 1.15 bits per heavy atom. The Hall–Kier alpha value is -2.81. The van der Waals surface area contributed by atoms with Crippen LogP contribution in [0.2, 0.25) is 0 Å². The summed E-state index contributed by atoms with van der Waals surface area (Å²) >= 11 is 0.974. The van der Waals surface area contributed by atoms with Crippen LogP contribution >= 0.6 is 11.3 Å². The van der Waals surface area contributed by atoms with E-state index >= 15 is 0 Å². The van der Waals surface area contributed by atoms with Crippen LogP contribution in [0.1, 0.15) is 74.3 Å². The van der Waals surface area contributed by atoms with Crippen molar-refractivity contribution in [2.75, 3.05) is 18.0 Å². The van der Waals surface area contributed by atoms with E-state index in [0.29, 0.717) is 10.9 Å². The molecule has 2 aliphatic rings. The smallest absolute Gasteiger partial charge is 0.348 e. The van der Waals surface area contributed by atoms with Crippen molar-refractivity contribution in [1.29, 1.82) is 0 Å². The number of rotatable bonds is 5. The van der Waals surface area contributed by atoms with Crippen LogP contribution in [0.5, 0.6) is 0 Å². The number of sulfonamides is 1. The Kier molecular flexibility index (Phi) is 7.96. The number of halogens is 2. The third-order valence-electron chi connectivity index (χ3n) is 7.27. The van der Waals surface area contributed by atoms with Crippen LogP contribution in [0.25, 0.3) is 0 Å². The standard InChI is InChI=1S/C28H32F2N2O5S2/c1-27(2,3)13-12-20-15-22(25(38-20)26(34)35)32-24(33)16-31(17-28(32,4)18-8-6-5-7-9-18)39(36,37)23-11-10-19(29)14-21(23)30/h10-11,14-15,18H,5-9,16-17H2,1-4H3,(H,34,35). The van der Waals surface area contributed by atoms with Crippen LogP contribution in [0.15, 0.2) is 29.2 Å². The summed E-state index contributed by atoms with van der Waals surface area (Å²) in [6, 6.07) is 3.81. The first kappa shape index (κ1) is 29.2. The van der Waals surface area contributed by atoms with Gasteiger partial charge in [-0.15, -0.1) is 11.3 Å². The molecular formula is C28H32F2N2O5S2. The number of nitrogens with zero attached hydrogens (tertiary/aromatic N) is 2. The van der Waals surface area contributed by atoms with Gasteiger partial charge in [0.2, 0.25) is 15.9 Å². The number of carboxylic acid groups (broad SMARTS) is 1. The van der Waals surface area contributed by atoms with E-state index in [-0.39, 0.29) is 28.4 Å². The molecule has 4 rings (SSSR count). The lowest BCUT2D eigenvalue weighted by molar-refractivity contribution is -0.123. The molecule has 0 radical (unpaired) electrons. The first-order valence-electron chi connectivity index (χ1n) is 12.8. The number of amides is 1. The molecule has 1 saturated heterocycles. The zero-order valence-corrected chi connectivity index (χ0v) is 24.0. The van der Waals surface area contributed by atoms with E-state index < -0.39 is 50.5 Å². The summed E-state index contributed by atoms with van der Waals surface area (Å²) in [7, 11) is -4.50. The van der Waals surface area contributed by atoms with Crippen molar-refractivity contribution < 1.29 is 31.9 Å². The van der Waals surface area contributed by atoms with Crippen molar-refractivity contribution in [2.45, 2.75) is 70.2 Å². The minimum Gasteiger partial charge on any atom is -0.477 e. The highest BCUT2D eigenvalue weighted by molar-refractivity contribution is 7.89. The van der Waals surface area contributed by atoms with Gasteiger partial charge < -0.3 is 10.0 Å². The van der Waals surface area contributed by atoms with Gasteiger partial charge in [0, 0.05) is 18.0 Å². The van der Waals surface area contributed by atoms with Gasteiger partial charge in [-0.05, 0) is 64.7 Å². The second-order valence-electron chi connectivity index (χ2n) is 11.4. The van der Waals surface area contributed by atoms with Crippen molar-refractivity contribution in [2.24, 2.45) is 11.3 Å². The van der Waals surface area contributed by atoms with Gasteiger partial charge in [-0.3, -0.25) is 4.79 Å². The summed E-state index contributed by atoms with van der Waals surface area (Å²) in [6.45, 7) is 6.78. The summed E-state index contributed by atoms with van der Waals surface area (Å²) in [5.74, 6) is 2.00. The molecule has 1 aromatic carbocycles. The van der Waals surface area contributed by atoms with E-state index in [9.17, 15) is 31.9 Å². The highest BCUT2D eigenvalue weighted by Crippen LogP contribution is 2.45. The minimum absolute atomic E-state index is 0.0514. The van der Waals surface area contributed by atoms with Crippen LogP contribution in [-0.2, 0) is 14.8 Å². The number of aromatic carboxylic acids is 1. The number of hydrogen-bond acceptors (Lipinski definition) is 5. The van der Waals surface area contributed by atoms with Crippen molar-refractivity contribution in [1.82, 2.24) is 4.31 Å². The van der Waals surface area contributed by atoms with Gasteiger partial charge in [0.25, 0.3) is 0 Å². The third kappa shape index (κ3) is 5.88. The molecule has 1 N–H and O–H groups in total. The molecule has 7 nitrogen and oxygen atoms in total. The Balaban J connectivity index is 1.83. The molecule has 1 aromatic heterocycles. The summed E-state index contributed by atoms with van der Waals surface area (Å²) in [4.78, 5) is 27.3. The molecule has 2 fully saturated rings. The van der Waals surface area contributed by atoms with E-state index in [1.165, 1.54) is 4.90 Å². The molecule has 0 spiro atoms. The monoisotopic (exact) mass is 578 g/mol. The summed E-state index contributed by atoms with van der Waals surface area (Å²) in [6.07, 6.45) is 4.23. The van der Waals surface area contributed by atoms with Crippen molar-refractivity contribution in [3.63, 3.8) is 0 Å². The first-order valence-corrected chi connectivity index (χ1v) is 15.1. The average molecular weight is 579 g/mol. The number of hydrogen-bond donors (Lipinski definition) is 1. The number of benzene rings is 1. The summed E-state index contributed by atoms with van der Waals surface area (Å²) in [5.41, 5.74) is -1.25. The number of carbonyl (C=O) groups is 2. The van der Waals surface area contributed by atoms with Gasteiger partial charge in [0.1, 0.15) is 21.4 Å². The van der Waals surface area contributed by atoms with Crippen LogP contribution < -0.4 is 4.90 Å². The van der Waals surface area contributed by atoms with Crippen LogP contribution in [-0.4, -0.2) is 48.3 Å². The number of thiophene rings is 1. The van der Waals surface area contributed by atoms with Gasteiger partial charge >= 0.3 is 5.97 Å². The Morgan fingerprint density at radius 3 is 2.41 bits per heavy atom. The van der Waals surface area contributed by atoms with Crippen molar-refractivity contribution in [3.05, 3.63) is 45.7 Å². The SMILES string of the molecule is CC(C)(C)C#Cc1cc(N2C(=O)CN(S(=O)(=O)c3ccc(F)cc3F)CC2(C)C2CCCCC2)c(C(=O)O)s1. The maximum Gasteiger partial charge on any atom is 0.348 e. The Morgan fingerprint density at radius 2 is 1.82 bits per heavy atom. The van der Waals surface area contributed by atoms with Crippen molar-refractivity contribution in [3.8, 4) is 11.8 Å². The second kappa shape index (κ2) is 10.6. The van der Waals surface area contributed by atoms with Crippen LogP contribution in [0.3, 0.4) is 0 Å². The van der Waals surface area contributed by atoms with Crippen LogP contribution in [0, 0.1) is 34.8 Å². The lowest BCUT2D eigenvalue weighted by atomic mass is 9.73. The molecule has 2 heterocycles. The number of carbonyl (C=O) groups excluding carboxylic acids is 1. The van der Waals surface area contributed by atoms with Crippen molar-refractivity contribution >= 4 is 38.9 Å². The quantitative estimate of drug-likeness (QED) is 0.473. The van der Waals surface area contributed by atoms with E-state index in [1.54, 1.807) is 13.0 Å². The predicted molar refractivity (Wildman–Crippen MR) is 145 cm³/mol. The number of piperazine rings is 1. The zero-order chi connectivity index (χ0) is 28.8. The molecule has 210 valence electrons. The van der Waals surface area contributed by atoms with E-state index in [0.717, 1.165) is 59.9 Å². The molecule has 1 unspecified atom stereocenters. The highest BCUT2D eigenvalue weighted by Gasteiger charge is 2.52. The molecule has 0 bridgehead atoms. The van der Waals surface area contributed by atoms with Gasteiger partial charge in [-0.2, -0.15) is 4.31 Å². The maximum atomic E-state index is 14.6. The Labute approximate surface area is 231 Å². The lowest BCUT2D eigenvalue weighted by Gasteiger charge is -2.52. The molecule has 1 aliphatic heterocycles. The molecule has 1 atom stereocenters. The average Bonchev–Trinajstić information content (AvgIpc) is 3.26. The van der Waals surface area contributed by atoms with Gasteiger partial charge in [0.15, 0.2) is 0 Å². The zero-order valence-electron chi connectivity index (χ0n) is 22.4. The minimum atomic E-state index is -4.50. The number of carboxylic acids is 1. The van der Waals surface area contributed by atoms with Gasteiger partial charge in [-0.25, -0.2) is 22.0 Å². The number of anilines is 1. The largest absolute Gasteiger partial charge is 0.477 e. The Bertz CT molecular complexity index is 1460. The lowest BCUT2D eigenvalue weighted by Crippen LogP contribution is -2.68. The molecule has 11 heteroatoms. The molecule has 1 aliphatic carbocycles. The normalized spacial score (nSPS) is 21.5. The summed E-state index contributed by atoms with van der Waals surface area (Å²) in [5, 5.41) is 10.0. The van der Waals surface area contributed by atoms with E-state index in [4.69, 9.17) is 0 Å². The second-order valence-corrected chi connectivity index (χ2v) is 14.4. The molecule has 2 aromatic rings. The fourth-order valence-corrected chi connectivity index (χ4v) is 7.81. The van der Waals surface area contributed by atoms with Gasteiger partial charge in [-0.1, -0.05) is 31.1 Å². The topological polar surface area (TPSA) is 95.0 Å². The van der Waals surface area contributed by atoms with E-state index in [2.05, 4.69) is 11.8 Å². The molecule has 1 amide bonds. The molecule has 39 heavy (non-hydrogen) atoms. The molecular weight excluding hydrogens is 546 g/mol. The third-order valence-corrected chi connectivity index (χ3v) is 10.1. The summed E-state index contributed by atoms with van der Waals surface area (Å²) < 4.78 is 56.0. The van der Waals surface area contributed by atoms with E-state index in [1.807, 2.05) is 20.8 Å².